The summed E-state index contributed by atoms with van der Waals surface area (Å²) in [5.74, 6) is 0.443. The van der Waals surface area contributed by atoms with Gasteiger partial charge >= 0.3 is 0 Å². The minimum Gasteiger partial charge on any atom is -0.376 e. The lowest BCUT2D eigenvalue weighted by Gasteiger charge is -2.52. The molecule has 0 aromatic carbocycles. The van der Waals surface area contributed by atoms with Gasteiger partial charge in [-0.2, -0.15) is 0 Å². The second-order valence-corrected chi connectivity index (χ2v) is 6.61. The van der Waals surface area contributed by atoms with Crippen molar-refractivity contribution in [3.05, 3.63) is 10.6 Å². The maximum atomic E-state index is 12.4. The number of hydrogen-bond acceptors (Lipinski definition) is 6. The highest BCUT2D eigenvalue weighted by Gasteiger charge is 2.51. The maximum Gasteiger partial charge on any atom is 0.265 e. The molecule has 1 aliphatic heterocycles. The molecule has 2 aliphatic rings. The molecule has 3 rings (SSSR count). The molecule has 4 unspecified atom stereocenters. The maximum absolute atomic E-state index is 12.4. The molecular weight excluding hydrogens is 276 g/mol. The normalized spacial score (nSPS) is 32.6. The molecule has 1 amide bonds. The van der Waals surface area contributed by atoms with Gasteiger partial charge in [0.05, 0.1) is 17.8 Å². The monoisotopic (exact) mass is 296 g/mol. The average molecular weight is 296 g/mol. The number of nitrogens with two attached hydrogens (primary N) is 1. The molecule has 1 aromatic rings. The van der Waals surface area contributed by atoms with Crippen LogP contribution >= 0.6 is 11.5 Å². The summed E-state index contributed by atoms with van der Waals surface area (Å²) >= 11 is 1.14. The van der Waals surface area contributed by atoms with Crippen molar-refractivity contribution < 1.29 is 9.53 Å². The summed E-state index contributed by atoms with van der Waals surface area (Å²) in [6.45, 7) is 4.77. The number of rotatable bonds is 3. The summed E-state index contributed by atoms with van der Waals surface area (Å²) in [5, 5.41) is 7.04. The molecule has 1 aliphatic carbocycles. The van der Waals surface area contributed by atoms with Gasteiger partial charge in [-0.1, -0.05) is 18.3 Å². The van der Waals surface area contributed by atoms with E-state index in [0.29, 0.717) is 10.8 Å². The third-order valence-corrected chi connectivity index (χ3v) is 4.98. The number of amides is 1. The molecular formula is C13H20N4O2S. The highest BCUT2D eigenvalue weighted by atomic mass is 32.1. The fraction of sp³-hybridized carbons (Fsp3) is 0.769. The van der Waals surface area contributed by atoms with Crippen molar-refractivity contribution >= 4 is 17.4 Å². The Bertz CT molecular complexity index is 504. The van der Waals surface area contributed by atoms with Crippen LogP contribution in [0.5, 0.6) is 0 Å². The van der Waals surface area contributed by atoms with Gasteiger partial charge < -0.3 is 15.8 Å². The molecule has 20 heavy (non-hydrogen) atoms. The van der Waals surface area contributed by atoms with E-state index in [0.717, 1.165) is 36.7 Å². The standard InChI is InChI=1S/C13H20N4O2S/c1-6(2)9-12(20-17-16-9)13(18)15-10-8(14)7-4-3-5-19-11(7)10/h6-8,10-11H,3-5,14H2,1-2H3,(H,15,18). The van der Waals surface area contributed by atoms with Crippen molar-refractivity contribution in [3.8, 4) is 0 Å². The van der Waals surface area contributed by atoms with Crippen LogP contribution in [0, 0.1) is 5.92 Å². The first kappa shape index (κ1) is 13.9. The molecule has 3 N–H and O–H groups in total. The Hall–Kier alpha value is -1.05. The minimum absolute atomic E-state index is 0.00682. The number of hydrogen-bond donors (Lipinski definition) is 2. The number of aromatic nitrogens is 2. The number of carbonyl (C=O) groups is 1. The second-order valence-electron chi connectivity index (χ2n) is 5.86. The Morgan fingerprint density at radius 2 is 2.35 bits per heavy atom. The van der Waals surface area contributed by atoms with E-state index in [-0.39, 0.29) is 30.0 Å². The van der Waals surface area contributed by atoms with Gasteiger partial charge in [0.15, 0.2) is 0 Å². The molecule has 2 fully saturated rings. The van der Waals surface area contributed by atoms with Crippen LogP contribution in [0.1, 0.15) is 48.0 Å². The lowest BCUT2D eigenvalue weighted by Crippen LogP contribution is -2.72. The lowest BCUT2D eigenvalue weighted by atomic mass is 9.68. The van der Waals surface area contributed by atoms with Gasteiger partial charge in [0, 0.05) is 18.6 Å². The lowest BCUT2D eigenvalue weighted by molar-refractivity contribution is -0.117. The Morgan fingerprint density at radius 3 is 3.10 bits per heavy atom. The van der Waals surface area contributed by atoms with Crippen molar-refractivity contribution in [1.82, 2.24) is 14.9 Å². The molecule has 4 atom stereocenters. The van der Waals surface area contributed by atoms with Crippen LogP contribution in [0.3, 0.4) is 0 Å². The van der Waals surface area contributed by atoms with Gasteiger partial charge in [-0.15, -0.1) is 5.10 Å². The third kappa shape index (κ3) is 2.23. The Morgan fingerprint density at radius 1 is 1.55 bits per heavy atom. The van der Waals surface area contributed by atoms with E-state index in [4.69, 9.17) is 10.5 Å². The van der Waals surface area contributed by atoms with Crippen molar-refractivity contribution in [2.24, 2.45) is 11.7 Å². The summed E-state index contributed by atoms with van der Waals surface area (Å²) in [5.41, 5.74) is 6.91. The Labute approximate surface area is 122 Å². The van der Waals surface area contributed by atoms with Crippen LogP contribution in [0.4, 0.5) is 0 Å². The van der Waals surface area contributed by atoms with E-state index in [1.54, 1.807) is 0 Å². The number of carbonyl (C=O) groups excluding carboxylic acids is 1. The molecule has 1 saturated carbocycles. The van der Waals surface area contributed by atoms with Gasteiger partial charge in [-0.3, -0.25) is 4.79 Å². The van der Waals surface area contributed by atoms with Crippen molar-refractivity contribution in [1.29, 1.82) is 0 Å². The van der Waals surface area contributed by atoms with Crippen LogP contribution in [0.15, 0.2) is 0 Å². The van der Waals surface area contributed by atoms with Crippen molar-refractivity contribution in [2.45, 2.75) is 50.8 Å². The first-order chi connectivity index (χ1) is 9.59. The molecule has 1 aromatic heterocycles. The third-order valence-electron chi connectivity index (χ3n) is 4.24. The smallest absolute Gasteiger partial charge is 0.265 e. The summed E-state index contributed by atoms with van der Waals surface area (Å²) in [4.78, 5) is 13.0. The molecule has 110 valence electrons. The number of nitrogens with zero attached hydrogens (tertiary/aromatic N) is 2. The van der Waals surface area contributed by atoms with Gasteiger partial charge in [0.2, 0.25) is 0 Å². The average Bonchev–Trinajstić information content (AvgIpc) is 2.93. The zero-order valence-corrected chi connectivity index (χ0v) is 12.5. The Balaban J connectivity index is 1.68. The molecule has 6 nitrogen and oxygen atoms in total. The summed E-state index contributed by atoms with van der Waals surface area (Å²) in [6, 6.07) is -0.0949. The largest absolute Gasteiger partial charge is 0.376 e. The molecule has 7 heteroatoms. The van der Waals surface area contributed by atoms with Gasteiger partial charge in [-0.05, 0) is 30.3 Å². The first-order valence-electron chi connectivity index (χ1n) is 7.10. The quantitative estimate of drug-likeness (QED) is 0.865. The van der Waals surface area contributed by atoms with Gasteiger partial charge in [0.25, 0.3) is 5.91 Å². The highest BCUT2D eigenvalue weighted by Crippen LogP contribution is 2.37. The highest BCUT2D eigenvalue weighted by molar-refractivity contribution is 7.08. The Kier molecular flexibility index (Phi) is 3.74. The molecule has 2 heterocycles. The first-order valence-corrected chi connectivity index (χ1v) is 7.87. The number of ether oxygens (including phenoxy) is 1. The van der Waals surface area contributed by atoms with Crippen LogP contribution < -0.4 is 11.1 Å². The van der Waals surface area contributed by atoms with Crippen molar-refractivity contribution in [2.75, 3.05) is 6.61 Å². The fourth-order valence-electron chi connectivity index (χ4n) is 3.08. The van der Waals surface area contributed by atoms with E-state index >= 15 is 0 Å². The van der Waals surface area contributed by atoms with E-state index in [9.17, 15) is 4.79 Å². The fourth-order valence-corrected chi connectivity index (χ4v) is 3.80. The number of fused-ring (bicyclic) bond motifs is 1. The SMILES string of the molecule is CC(C)c1nnsc1C(=O)NC1C(N)C2CCCOC21. The van der Waals surface area contributed by atoms with Crippen LogP contribution in [0.2, 0.25) is 0 Å². The molecule has 0 spiro atoms. The van der Waals surface area contributed by atoms with E-state index in [1.165, 1.54) is 0 Å². The topological polar surface area (TPSA) is 90.1 Å². The van der Waals surface area contributed by atoms with E-state index < -0.39 is 0 Å². The molecule has 0 bridgehead atoms. The summed E-state index contributed by atoms with van der Waals surface area (Å²) in [6.07, 6.45) is 2.23. The molecule has 1 saturated heterocycles. The van der Waals surface area contributed by atoms with Crippen LogP contribution in [-0.2, 0) is 4.74 Å². The zero-order chi connectivity index (χ0) is 14.3. The van der Waals surface area contributed by atoms with Crippen LogP contribution in [0.25, 0.3) is 0 Å². The van der Waals surface area contributed by atoms with E-state index in [1.807, 2.05) is 13.8 Å². The van der Waals surface area contributed by atoms with E-state index in [2.05, 4.69) is 14.9 Å². The summed E-state index contributed by atoms with van der Waals surface area (Å²) < 4.78 is 9.62. The minimum atomic E-state index is -0.128. The van der Waals surface area contributed by atoms with Gasteiger partial charge in [-0.25, -0.2) is 0 Å². The number of nitrogens with one attached hydrogen (secondary N) is 1. The predicted octanol–water partition coefficient (Wildman–Crippen LogP) is 0.896. The van der Waals surface area contributed by atoms with Crippen LogP contribution in [-0.4, -0.2) is 40.3 Å². The van der Waals surface area contributed by atoms with Crippen molar-refractivity contribution in [3.63, 3.8) is 0 Å². The zero-order valence-electron chi connectivity index (χ0n) is 11.7. The summed E-state index contributed by atoms with van der Waals surface area (Å²) in [7, 11) is 0. The second kappa shape index (κ2) is 5.38. The molecule has 0 radical (unpaired) electrons. The predicted molar refractivity (Wildman–Crippen MR) is 75.7 cm³/mol. The van der Waals surface area contributed by atoms with Gasteiger partial charge in [0.1, 0.15) is 4.88 Å².